The lowest BCUT2D eigenvalue weighted by Crippen LogP contribution is -2.06. The van der Waals surface area contributed by atoms with Gasteiger partial charge in [0.05, 0.1) is 11.7 Å². The summed E-state index contributed by atoms with van der Waals surface area (Å²) in [5.41, 5.74) is -0.202. The van der Waals surface area contributed by atoms with Crippen molar-refractivity contribution in [2.45, 2.75) is 19.2 Å². The van der Waals surface area contributed by atoms with E-state index in [0.717, 1.165) is 6.07 Å². The van der Waals surface area contributed by atoms with E-state index in [1.807, 2.05) is 0 Å². The van der Waals surface area contributed by atoms with Crippen LogP contribution in [0.2, 0.25) is 0 Å². The molecular formula is C15H12BrF3O2. The molecule has 2 rings (SSSR count). The fourth-order valence-corrected chi connectivity index (χ4v) is 2.52. The number of hydrogen-bond donors (Lipinski definition) is 1. The summed E-state index contributed by atoms with van der Waals surface area (Å²) >= 11 is 3.26. The standard InChI is InChI=1S/C15H12BrF3O2/c1-9(20)11-7-6-10(8-13(11)16)21-14-5-3-2-4-12(14)15(17,18)19/h2-9,20H,1H3/t9-/m0/s1. The van der Waals surface area contributed by atoms with Crippen molar-refractivity contribution >= 4 is 15.9 Å². The highest BCUT2D eigenvalue weighted by molar-refractivity contribution is 9.10. The number of para-hydroxylation sites is 1. The summed E-state index contributed by atoms with van der Waals surface area (Å²) < 4.78 is 44.5. The molecule has 21 heavy (non-hydrogen) atoms. The van der Waals surface area contributed by atoms with E-state index in [0.29, 0.717) is 10.0 Å². The molecule has 2 nitrogen and oxygen atoms in total. The lowest BCUT2D eigenvalue weighted by molar-refractivity contribution is -0.138. The zero-order chi connectivity index (χ0) is 15.6. The summed E-state index contributed by atoms with van der Waals surface area (Å²) in [6.45, 7) is 1.60. The molecule has 0 saturated carbocycles. The van der Waals surface area contributed by atoms with Crippen LogP contribution in [0.1, 0.15) is 24.2 Å². The number of aliphatic hydroxyl groups excluding tert-OH is 1. The number of aliphatic hydroxyl groups is 1. The molecule has 112 valence electrons. The van der Waals surface area contributed by atoms with Crippen LogP contribution in [0.3, 0.4) is 0 Å². The minimum absolute atomic E-state index is 0.253. The molecule has 0 heterocycles. The van der Waals surface area contributed by atoms with Gasteiger partial charge in [-0.2, -0.15) is 13.2 Å². The highest BCUT2D eigenvalue weighted by Gasteiger charge is 2.34. The molecule has 0 aromatic heterocycles. The molecule has 0 spiro atoms. The van der Waals surface area contributed by atoms with Crippen molar-refractivity contribution in [2.24, 2.45) is 0 Å². The largest absolute Gasteiger partial charge is 0.457 e. The minimum atomic E-state index is -4.48. The van der Waals surface area contributed by atoms with Crippen molar-refractivity contribution in [3.8, 4) is 11.5 Å². The molecule has 2 aromatic carbocycles. The van der Waals surface area contributed by atoms with E-state index in [9.17, 15) is 18.3 Å². The molecule has 0 radical (unpaired) electrons. The lowest BCUT2D eigenvalue weighted by Gasteiger charge is -2.14. The molecule has 2 aromatic rings. The second kappa shape index (κ2) is 6.07. The van der Waals surface area contributed by atoms with Gasteiger partial charge in [0, 0.05) is 4.47 Å². The van der Waals surface area contributed by atoms with Crippen LogP contribution < -0.4 is 4.74 Å². The van der Waals surface area contributed by atoms with E-state index in [-0.39, 0.29) is 11.5 Å². The first-order valence-electron chi connectivity index (χ1n) is 6.10. The van der Waals surface area contributed by atoms with Crippen LogP contribution in [0.25, 0.3) is 0 Å². The number of benzene rings is 2. The van der Waals surface area contributed by atoms with Gasteiger partial charge in [0.1, 0.15) is 11.5 Å². The Hall–Kier alpha value is -1.53. The quantitative estimate of drug-likeness (QED) is 0.803. The third-order valence-electron chi connectivity index (χ3n) is 2.84. The van der Waals surface area contributed by atoms with Crippen molar-refractivity contribution in [1.82, 2.24) is 0 Å². The molecule has 0 unspecified atom stereocenters. The third-order valence-corrected chi connectivity index (χ3v) is 3.53. The molecular weight excluding hydrogens is 349 g/mol. The highest BCUT2D eigenvalue weighted by Crippen LogP contribution is 2.38. The van der Waals surface area contributed by atoms with Crippen LogP contribution in [0.5, 0.6) is 11.5 Å². The SMILES string of the molecule is C[C@H](O)c1ccc(Oc2ccccc2C(F)(F)F)cc1Br. The van der Waals surface area contributed by atoms with Crippen molar-refractivity contribution in [1.29, 1.82) is 0 Å². The Bertz CT molecular complexity index is 639. The Morgan fingerprint density at radius 1 is 1.14 bits per heavy atom. The molecule has 0 saturated heterocycles. The van der Waals surface area contributed by atoms with E-state index in [4.69, 9.17) is 4.74 Å². The average Bonchev–Trinajstić information content (AvgIpc) is 2.37. The van der Waals surface area contributed by atoms with Crippen molar-refractivity contribution in [2.75, 3.05) is 0 Å². The van der Waals surface area contributed by atoms with Crippen molar-refractivity contribution in [3.05, 3.63) is 58.1 Å². The van der Waals surface area contributed by atoms with Gasteiger partial charge in [-0.05, 0) is 36.8 Å². The Labute approximate surface area is 128 Å². The summed E-state index contributed by atoms with van der Waals surface area (Å²) in [5.74, 6) is -0.00956. The predicted octanol–water partition coefficient (Wildman–Crippen LogP) is 5.31. The summed E-state index contributed by atoms with van der Waals surface area (Å²) in [6, 6.07) is 9.65. The van der Waals surface area contributed by atoms with E-state index < -0.39 is 17.8 Å². The smallest absolute Gasteiger partial charge is 0.419 e. The molecule has 6 heteroatoms. The summed E-state index contributed by atoms with van der Waals surface area (Å²) in [5, 5.41) is 9.52. The summed E-state index contributed by atoms with van der Waals surface area (Å²) in [7, 11) is 0. The van der Waals surface area contributed by atoms with Crippen molar-refractivity contribution < 1.29 is 23.0 Å². The Balaban J connectivity index is 2.33. The lowest BCUT2D eigenvalue weighted by atomic mass is 10.1. The number of alkyl halides is 3. The zero-order valence-electron chi connectivity index (χ0n) is 11.0. The monoisotopic (exact) mass is 360 g/mol. The van der Waals surface area contributed by atoms with Gasteiger partial charge in [0.2, 0.25) is 0 Å². The molecule has 0 bridgehead atoms. The zero-order valence-corrected chi connectivity index (χ0v) is 12.6. The molecule has 0 fully saturated rings. The van der Waals surface area contributed by atoms with E-state index in [2.05, 4.69) is 15.9 Å². The molecule has 1 N–H and O–H groups in total. The minimum Gasteiger partial charge on any atom is -0.457 e. The third kappa shape index (κ3) is 3.77. The van der Waals surface area contributed by atoms with Crippen LogP contribution in [0, 0.1) is 0 Å². The van der Waals surface area contributed by atoms with E-state index in [1.54, 1.807) is 13.0 Å². The van der Waals surface area contributed by atoms with Gasteiger partial charge in [0.25, 0.3) is 0 Å². The first-order valence-corrected chi connectivity index (χ1v) is 6.90. The maximum absolute atomic E-state index is 12.9. The van der Waals surface area contributed by atoms with Crippen LogP contribution in [0.15, 0.2) is 46.9 Å². The highest BCUT2D eigenvalue weighted by atomic mass is 79.9. The van der Waals surface area contributed by atoms with Gasteiger partial charge in [-0.3, -0.25) is 0 Å². The molecule has 0 amide bonds. The fourth-order valence-electron chi connectivity index (χ4n) is 1.83. The van der Waals surface area contributed by atoms with E-state index >= 15 is 0 Å². The maximum atomic E-state index is 12.9. The summed E-state index contributed by atoms with van der Waals surface area (Å²) in [4.78, 5) is 0. The second-order valence-corrected chi connectivity index (χ2v) is 5.31. The topological polar surface area (TPSA) is 29.5 Å². The maximum Gasteiger partial charge on any atom is 0.419 e. The van der Waals surface area contributed by atoms with Gasteiger partial charge in [-0.25, -0.2) is 0 Å². The molecule has 0 aliphatic carbocycles. The summed E-state index contributed by atoms with van der Waals surface area (Å²) in [6.07, 6.45) is -5.16. The van der Waals surface area contributed by atoms with Gasteiger partial charge in [-0.1, -0.05) is 34.1 Å². The number of ether oxygens (including phenoxy) is 1. The van der Waals surface area contributed by atoms with Crippen LogP contribution in [-0.4, -0.2) is 5.11 Å². The molecule has 0 aliphatic heterocycles. The fraction of sp³-hybridized carbons (Fsp3) is 0.200. The first-order chi connectivity index (χ1) is 9.79. The normalized spacial score (nSPS) is 13.0. The van der Waals surface area contributed by atoms with Gasteiger partial charge >= 0.3 is 6.18 Å². The number of halogens is 4. The Morgan fingerprint density at radius 3 is 2.38 bits per heavy atom. The Morgan fingerprint density at radius 2 is 1.81 bits per heavy atom. The molecule has 0 aliphatic rings. The van der Waals surface area contributed by atoms with Crippen molar-refractivity contribution in [3.63, 3.8) is 0 Å². The Kier molecular flexibility index (Phi) is 4.58. The van der Waals surface area contributed by atoms with Gasteiger partial charge < -0.3 is 9.84 Å². The average molecular weight is 361 g/mol. The first kappa shape index (κ1) is 15.9. The predicted molar refractivity (Wildman–Crippen MR) is 76.3 cm³/mol. The van der Waals surface area contributed by atoms with Crippen LogP contribution in [-0.2, 0) is 6.18 Å². The van der Waals surface area contributed by atoms with Crippen LogP contribution >= 0.6 is 15.9 Å². The van der Waals surface area contributed by atoms with Gasteiger partial charge in [0.15, 0.2) is 0 Å². The second-order valence-electron chi connectivity index (χ2n) is 4.46. The number of rotatable bonds is 3. The molecule has 1 atom stereocenters. The van der Waals surface area contributed by atoms with E-state index in [1.165, 1.54) is 30.3 Å². The van der Waals surface area contributed by atoms with Crippen LogP contribution in [0.4, 0.5) is 13.2 Å². The van der Waals surface area contributed by atoms with Gasteiger partial charge in [-0.15, -0.1) is 0 Å². The number of hydrogen-bond acceptors (Lipinski definition) is 2.